The van der Waals surface area contributed by atoms with E-state index in [4.69, 9.17) is 0 Å². The Labute approximate surface area is 199 Å². The van der Waals surface area contributed by atoms with Gasteiger partial charge >= 0.3 is 6.03 Å². The molecule has 2 atom stereocenters. The minimum Gasteiger partial charge on any atom is -0.381 e. The van der Waals surface area contributed by atoms with Gasteiger partial charge in [0, 0.05) is 30.4 Å². The van der Waals surface area contributed by atoms with Crippen LogP contribution in [0.3, 0.4) is 0 Å². The lowest BCUT2D eigenvalue weighted by Gasteiger charge is -2.39. The fourth-order valence-corrected chi connectivity index (χ4v) is 4.38. The van der Waals surface area contributed by atoms with Crippen molar-refractivity contribution in [2.24, 2.45) is 0 Å². The number of anilines is 1. The maximum atomic E-state index is 14.8. The van der Waals surface area contributed by atoms with Gasteiger partial charge in [-0.15, -0.1) is 0 Å². The van der Waals surface area contributed by atoms with Crippen LogP contribution in [-0.4, -0.2) is 64.7 Å². The molecule has 2 aromatic heterocycles. The van der Waals surface area contributed by atoms with Gasteiger partial charge in [0.2, 0.25) is 0 Å². The summed E-state index contributed by atoms with van der Waals surface area (Å²) in [5, 5.41) is 19.9. The first-order valence-corrected chi connectivity index (χ1v) is 10.9. The van der Waals surface area contributed by atoms with Gasteiger partial charge in [-0.2, -0.15) is 10.2 Å². The summed E-state index contributed by atoms with van der Waals surface area (Å²) < 4.78 is 31.4. The molecule has 180 valence electrons. The van der Waals surface area contributed by atoms with Gasteiger partial charge < -0.3 is 10.0 Å². The molecule has 0 radical (unpaired) electrons. The molecule has 2 amide bonds. The van der Waals surface area contributed by atoms with Crippen molar-refractivity contribution in [2.75, 3.05) is 18.0 Å². The lowest BCUT2D eigenvalue weighted by molar-refractivity contribution is -0.0475. The number of rotatable bonds is 7. The number of urea groups is 1. The Morgan fingerprint density at radius 2 is 1.71 bits per heavy atom. The van der Waals surface area contributed by atoms with E-state index in [-0.39, 0.29) is 18.1 Å². The van der Waals surface area contributed by atoms with Crippen LogP contribution >= 0.6 is 0 Å². The zero-order chi connectivity index (χ0) is 24.6. The highest BCUT2D eigenvalue weighted by Gasteiger charge is 2.46. The highest BCUT2D eigenvalue weighted by molar-refractivity contribution is 5.94. The summed E-state index contributed by atoms with van der Waals surface area (Å²) in [6.07, 6.45) is 5.68. The van der Waals surface area contributed by atoms with E-state index in [0.717, 1.165) is 11.8 Å². The van der Waals surface area contributed by atoms with Gasteiger partial charge in [-0.1, -0.05) is 6.07 Å². The molecular weight excluding hydrogens is 458 g/mol. The molecule has 12 heteroatoms. The standard InChI is InChI=1S/C23H22F2N8O2/c1-16(23(35,11-30-14-26-12-28-30)20-7-2-17(24)10-21(20)25)31-8-9-32(22(31)34)18-3-5-19(6-4-18)33-15-27-13-29-33/h2-7,10,12-16,35H,8-9,11H2,1H3/t16-,23-/m1/s1. The van der Waals surface area contributed by atoms with Crippen molar-refractivity contribution in [3.8, 4) is 5.69 Å². The number of carbonyl (C=O) groups excluding carboxylic acids is 1. The van der Waals surface area contributed by atoms with Gasteiger partial charge in [0.05, 0.1) is 18.3 Å². The number of amides is 2. The number of carbonyl (C=O) groups is 1. The largest absolute Gasteiger partial charge is 0.381 e. The van der Waals surface area contributed by atoms with Crippen LogP contribution in [0.4, 0.5) is 19.3 Å². The maximum absolute atomic E-state index is 14.8. The summed E-state index contributed by atoms with van der Waals surface area (Å²) in [4.78, 5) is 24.3. The van der Waals surface area contributed by atoms with Gasteiger partial charge in [-0.3, -0.25) is 4.90 Å². The molecular formula is C23H22F2N8O2. The molecule has 2 aromatic carbocycles. The van der Waals surface area contributed by atoms with E-state index in [2.05, 4.69) is 20.2 Å². The van der Waals surface area contributed by atoms with E-state index >= 15 is 0 Å². The quantitative estimate of drug-likeness (QED) is 0.436. The van der Waals surface area contributed by atoms with E-state index in [1.54, 1.807) is 35.0 Å². The van der Waals surface area contributed by atoms with Crippen LogP contribution in [0.15, 0.2) is 67.8 Å². The second-order valence-corrected chi connectivity index (χ2v) is 8.30. The van der Waals surface area contributed by atoms with Gasteiger partial charge in [0.1, 0.15) is 42.5 Å². The van der Waals surface area contributed by atoms with E-state index in [1.807, 2.05) is 12.1 Å². The summed E-state index contributed by atoms with van der Waals surface area (Å²) in [5.41, 5.74) is -0.586. The summed E-state index contributed by atoms with van der Waals surface area (Å²) in [5.74, 6) is -1.67. The minimum atomic E-state index is -1.91. The summed E-state index contributed by atoms with van der Waals surface area (Å²) in [6, 6.07) is 8.99. The van der Waals surface area contributed by atoms with Crippen LogP contribution in [-0.2, 0) is 12.1 Å². The van der Waals surface area contributed by atoms with Crippen LogP contribution in [0.5, 0.6) is 0 Å². The Balaban J connectivity index is 1.43. The third-order valence-electron chi connectivity index (χ3n) is 6.31. The first-order chi connectivity index (χ1) is 16.9. The lowest BCUT2D eigenvalue weighted by atomic mass is 9.85. The van der Waals surface area contributed by atoms with Crippen molar-refractivity contribution < 1.29 is 18.7 Å². The van der Waals surface area contributed by atoms with Crippen molar-refractivity contribution in [1.29, 1.82) is 0 Å². The molecule has 1 N–H and O–H groups in total. The Bertz CT molecular complexity index is 1310. The van der Waals surface area contributed by atoms with Crippen LogP contribution in [0.1, 0.15) is 12.5 Å². The molecule has 0 saturated carbocycles. The molecule has 0 spiro atoms. The number of hydrogen-bond donors (Lipinski definition) is 1. The predicted molar refractivity (Wildman–Crippen MR) is 121 cm³/mol. The van der Waals surface area contributed by atoms with Crippen LogP contribution in [0, 0.1) is 11.6 Å². The molecule has 1 saturated heterocycles. The fraction of sp³-hybridized carbons (Fsp3) is 0.261. The van der Waals surface area contributed by atoms with E-state index in [9.17, 15) is 18.7 Å². The molecule has 0 bridgehead atoms. The molecule has 1 fully saturated rings. The number of hydrogen-bond acceptors (Lipinski definition) is 6. The SMILES string of the molecule is C[C@@H](N1CCN(c2ccc(-n3cncn3)cc2)C1=O)[C@](O)(Cn1cncn1)c1ccc(F)cc1F. The lowest BCUT2D eigenvalue weighted by Crippen LogP contribution is -2.53. The van der Waals surface area contributed by atoms with Crippen molar-refractivity contribution in [3.63, 3.8) is 0 Å². The van der Waals surface area contributed by atoms with E-state index in [1.165, 1.54) is 34.6 Å². The van der Waals surface area contributed by atoms with Crippen LogP contribution < -0.4 is 4.90 Å². The number of benzene rings is 2. The number of aliphatic hydroxyl groups is 1. The molecule has 4 aromatic rings. The highest BCUT2D eigenvalue weighted by atomic mass is 19.1. The van der Waals surface area contributed by atoms with Crippen LogP contribution in [0.25, 0.3) is 5.69 Å². The molecule has 0 unspecified atom stereocenters. The summed E-state index contributed by atoms with van der Waals surface area (Å²) in [6.45, 7) is 2.12. The zero-order valence-corrected chi connectivity index (χ0v) is 18.7. The summed E-state index contributed by atoms with van der Waals surface area (Å²) in [7, 11) is 0. The van der Waals surface area contributed by atoms with Crippen LogP contribution in [0.2, 0.25) is 0 Å². The molecule has 1 aliphatic heterocycles. The number of nitrogens with zero attached hydrogens (tertiary/aromatic N) is 8. The Morgan fingerprint density at radius 1 is 1.00 bits per heavy atom. The first-order valence-electron chi connectivity index (χ1n) is 10.9. The molecule has 1 aliphatic rings. The maximum Gasteiger partial charge on any atom is 0.324 e. The second kappa shape index (κ2) is 8.87. The van der Waals surface area contributed by atoms with Gasteiger partial charge in [0.15, 0.2) is 0 Å². The van der Waals surface area contributed by atoms with Gasteiger partial charge in [-0.25, -0.2) is 32.9 Å². The Hall–Kier alpha value is -4.19. The minimum absolute atomic E-state index is 0.134. The first kappa shape index (κ1) is 22.6. The highest BCUT2D eigenvalue weighted by Crippen LogP contribution is 2.35. The smallest absolute Gasteiger partial charge is 0.324 e. The van der Waals surface area contributed by atoms with E-state index in [0.29, 0.717) is 24.8 Å². The van der Waals surface area contributed by atoms with Crippen molar-refractivity contribution >= 4 is 11.7 Å². The third-order valence-corrected chi connectivity index (χ3v) is 6.31. The molecule has 0 aliphatic carbocycles. The van der Waals surface area contributed by atoms with Gasteiger partial charge in [-0.05, 0) is 37.3 Å². The molecule has 5 rings (SSSR count). The van der Waals surface area contributed by atoms with Crippen molar-refractivity contribution in [2.45, 2.75) is 25.1 Å². The normalized spacial score (nSPS) is 16.5. The predicted octanol–water partition coefficient (Wildman–Crippen LogP) is 2.36. The third kappa shape index (κ3) is 4.12. The fourth-order valence-electron chi connectivity index (χ4n) is 4.38. The molecule has 3 heterocycles. The Morgan fingerprint density at radius 3 is 2.37 bits per heavy atom. The monoisotopic (exact) mass is 480 g/mol. The van der Waals surface area contributed by atoms with E-state index < -0.39 is 23.3 Å². The number of halogens is 2. The molecule has 35 heavy (non-hydrogen) atoms. The average Bonchev–Trinajstić information content (AvgIpc) is 3.61. The topological polar surface area (TPSA) is 105 Å². The zero-order valence-electron chi connectivity index (χ0n) is 18.7. The summed E-state index contributed by atoms with van der Waals surface area (Å²) >= 11 is 0. The van der Waals surface area contributed by atoms with Crippen molar-refractivity contribution in [1.82, 2.24) is 34.4 Å². The average molecular weight is 480 g/mol. The van der Waals surface area contributed by atoms with Crippen molar-refractivity contribution in [3.05, 3.63) is 85.0 Å². The second-order valence-electron chi connectivity index (χ2n) is 8.30. The Kier molecular flexibility index (Phi) is 5.73. The molecule has 10 nitrogen and oxygen atoms in total. The van der Waals surface area contributed by atoms with Gasteiger partial charge in [0.25, 0.3) is 0 Å². The number of aromatic nitrogens is 6.